The van der Waals surface area contributed by atoms with Gasteiger partial charge < -0.3 is 14.5 Å². The lowest BCUT2D eigenvalue weighted by molar-refractivity contribution is 0.0698. The Morgan fingerprint density at radius 2 is 2.17 bits per heavy atom. The van der Waals surface area contributed by atoms with Crippen LogP contribution >= 0.6 is 0 Å². The van der Waals surface area contributed by atoms with Crippen LogP contribution in [0, 0.1) is 0 Å². The number of nitrogens with zero attached hydrogens (tertiary/aromatic N) is 1. The largest absolute Gasteiger partial charge is 0.497 e. The fourth-order valence-corrected chi connectivity index (χ4v) is 2.54. The first-order valence-electron chi connectivity index (χ1n) is 6.15. The molecule has 0 aliphatic carbocycles. The zero-order valence-corrected chi connectivity index (χ0v) is 10.3. The predicted octanol–water partition coefficient (Wildman–Crippen LogP) is 1.69. The summed E-state index contributed by atoms with van der Waals surface area (Å²) in [4.78, 5) is 14.9. The van der Waals surface area contributed by atoms with Crippen LogP contribution in [0.25, 0.3) is 11.0 Å². The number of ether oxygens (including phenoxy) is 2. The Hall–Kier alpha value is -1.75. The highest BCUT2D eigenvalue weighted by Gasteiger charge is 2.20. The van der Waals surface area contributed by atoms with Gasteiger partial charge in [0.2, 0.25) is 0 Å². The molecule has 2 heterocycles. The van der Waals surface area contributed by atoms with Gasteiger partial charge in [-0.3, -0.25) is 4.57 Å². The molecule has 5 nitrogen and oxygen atoms in total. The molecule has 18 heavy (non-hydrogen) atoms. The fraction of sp³-hybridized carbons (Fsp3) is 0.462. The summed E-state index contributed by atoms with van der Waals surface area (Å²) >= 11 is 0. The van der Waals surface area contributed by atoms with Crippen LogP contribution in [-0.2, 0) is 4.74 Å². The highest BCUT2D eigenvalue weighted by molar-refractivity contribution is 5.77. The number of nitrogens with one attached hydrogen (secondary N) is 1. The molecule has 1 saturated heterocycles. The van der Waals surface area contributed by atoms with Crippen LogP contribution < -0.4 is 10.4 Å². The first-order chi connectivity index (χ1) is 8.79. The monoisotopic (exact) mass is 248 g/mol. The molecule has 0 amide bonds. The Morgan fingerprint density at radius 1 is 1.39 bits per heavy atom. The van der Waals surface area contributed by atoms with E-state index in [1.165, 1.54) is 0 Å². The summed E-state index contributed by atoms with van der Waals surface area (Å²) in [5, 5.41) is 0. The summed E-state index contributed by atoms with van der Waals surface area (Å²) in [6.45, 7) is 1.44. The van der Waals surface area contributed by atoms with E-state index in [9.17, 15) is 4.79 Å². The fourth-order valence-electron chi connectivity index (χ4n) is 2.54. The lowest BCUT2D eigenvalue weighted by Crippen LogP contribution is -2.27. The minimum Gasteiger partial charge on any atom is -0.497 e. The van der Waals surface area contributed by atoms with Crippen molar-refractivity contribution in [1.82, 2.24) is 9.55 Å². The van der Waals surface area contributed by atoms with E-state index < -0.39 is 0 Å². The van der Waals surface area contributed by atoms with Crippen molar-refractivity contribution in [2.24, 2.45) is 0 Å². The van der Waals surface area contributed by atoms with Gasteiger partial charge in [0, 0.05) is 25.3 Å². The first kappa shape index (κ1) is 11.3. The van der Waals surface area contributed by atoms with Gasteiger partial charge in [0.05, 0.1) is 18.1 Å². The summed E-state index contributed by atoms with van der Waals surface area (Å²) in [5.41, 5.74) is 1.71. The molecule has 3 rings (SSSR count). The molecule has 0 saturated carbocycles. The Kier molecular flexibility index (Phi) is 2.83. The zero-order valence-electron chi connectivity index (χ0n) is 10.3. The molecular formula is C13H16N2O3. The third-order valence-electron chi connectivity index (χ3n) is 3.48. The lowest BCUT2D eigenvalue weighted by Gasteiger charge is -2.23. The number of H-pyrrole nitrogens is 1. The van der Waals surface area contributed by atoms with Crippen LogP contribution in [-0.4, -0.2) is 29.9 Å². The molecule has 1 aromatic heterocycles. The van der Waals surface area contributed by atoms with Gasteiger partial charge in [0.15, 0.2) is 0 Å². The molecule has 96 valence electrons. The quantitative estimate of drug-likeness (QED) is 0.879. The Balaban J connectivity index is 2.10. The van der Waals surface area contributed by atoms with Crippen LogP contribution in [0.15, 0.2) is 23.0 Å². The van der Waals surface area contributed by atoms with E-state index in [0.29, 0.717) is 0 Å². The van der Waals surface area contributed by atoms with Crippen molar-refractivity contribution in [3.05, 3.63) is 28.7 Å². The van der Waals surface area contributed by atoms with E-state index in [1.54, 1.807) is 7.11 Å². The van der Waals surface area contributed by atoms with Gasteiger partial charge in [-0.1, -0.05) is 0 Å². The minimum absolute atomic E-state index is 0.0508. The third kappa shape index (κ3) is 1.80. The molecule has 0 unspecified atom stereocenters. The number of methoxy groups -OCH3 is 1. The van der Waals surface area contributed by atoms with E-state index in [2.05, 4.69) is 4.98 Å². The molecule has 2 aromatic rings. The second-order valence-electron chi connectivity index (χ2n) is 4.53. The number of hydrogen-bond acceptors (Lipinski definition) is 3. The summed E-state index contributed by atoms with van der Waals surface area (Å²) in [6, 6.07) is 5.90. The van der Waals surface area contributed by atoms with Crippen molar-refractivity contribution >= 4 is 11.0 Å². The van der Waals surface area contributed by atoms with Crippen molar-refractivity contribution < 1.29 is 9.47 Å². The second-order valence-corrected chi connectivity index (χ2v) is 4.53. The molecule has 0 radical (unpaired) electrons. The maximum absolute atomic E-state index is 12.1. The van der Waals surface area contributed by atoms with Gasteiger partial charge in [0.1, 0.15) is 5.75 Å². The smallest absolute Gasteiger partial charge is 0.326 e. The number of aromatic nitrogens is 2. The zero-order chi connectivity index (χ0) is 12.5. The molecule has 1 aliphatic heterocycles. The van der Waals surface area contributed by atoms with Gasteiger partial charge in [-0.25, -0.2) is 4.79 Å². The van der Waals surface area contributed by atoms with E-state index in [4.69, 9.17) is 9.47 Å². The van der Waals surface area contributed by atoms with Crippen LogP contribution in [0.1, 0.15) is 18.9 Å². The molecular weight excluding hydrogens is 232 g/mol. The maximum Gasteiger partial charge on any atom is 0.326 e. The van der Waals surface area contributed by atoms with Crippen molar-refractivity contribution in [2.45, 2.75) is 18.9 Å². The van der Waals surface area contributed by atoms with Crippen LogP contribution in [0.5, 0.6) is 5.75 Å². The number of aromatic amines is 1. The van der Waals surface area contributed by atoms with E-state index in [0.717, 1.165) is 42.8 Å². The van der Waals surface area contributed by atoms with Crippen molar-refractivity contribution in [3.8, 4) is 5.75 Å². The first-order valence-corrected chi connectivity index (χ1v) is 6.15. The molecule has 0 bridgehead atoms. The van der Waals surface area contributed by atoms with Gasteiger partial charge in [-0.05, 0) is 25.0 Å². The topological polar surface area (TPSA) is 56.2 Å². The van der Waals surface area contributed by atoms with E-state index in [-0.39, 0.29) is 11.7 Å². The Morgan fingerprint density at radius 3 is 2.89 bits per heavy atom. The highest BCUT2D eigenvalue weighted by Crippen LogP contribution is 2.25. The van der Waals surface area contributed by atoms with Gasteiger partial charge in [-0.2, -0.15) is 0 Å². The molecule has 1 aliphatic rings. The molecule has 5 heteroatoms. The summed E-state index contributed by atoms with van der Waals surface area (Å²) < 4.78 is 12.4. The van der Waals surface area contributed by atoms with Gasteiger partial charge >= 0.3 is 5.69 Å². The normalized spacial score (nSPS) is 17.2. The maximum atomic E-state index is 12.1. The second kappa shape index (κ2) is 4.49. The Labute approximate surface area is 104 Å². The SMILES string of the molecule is COc1ccc2c(c1)[nH]c(=O)n2C1CCOCC1. The molecule has 0 atom stereocenters. The summed E-state index contributed by atoms with van der Waals surface area (Å²) in [6.07, 6.45) is 1.78. The third-order valence-corrected chi connectivity index (χ3v) is 3.48. The van der Waals surface area contributed by atoms with Gasteiger partial charge in [-0.15, -0.1) is 0 Å². The van der Waals surface area contributed by atoms with Crippen LogP contribution in [0.3, 0.4) is 0 Å². The van der Waals surface area contributed by atoms with Crippen molar-refractivity contribution in [3.63, 3.8) is 0 Å². The van der Waals surface area contributed by atoms with E-state index in [1.807, 2.05) is 22.8 Å². The number of fused-ring (bicyclic) bond motifs is 1. The lowest BCUT2D eigenvalue weighted by atomic mass is 10.1. The van der Waals surface area contributed by atoms with Crippen molar-refractivity contribution in [2.75, 3.05) is 20.3 Å². The standard InChI is InChI=1S/C13H16N2O3/c1-17-10-2-3-12-11(8-10)14-13(16)15(12)9-4-6-18-7-5-9/h2-3,8-9H,4-7H2,1H3,(H,14,16). The van der Waals surface area contributed by atoms with Crippen molar-refractivity contribution in [1.29, 1.82) is 0 Å². The Bertz CT molecular complexity index is 608. The average Bonchev–Trinajstić information content (AvgIpc) is 2.74. The molecule has 1 N–H and O–H groups in total. The predicted molar refractivity (Wildman–Crippen MR) is 68.2 cm³/mol. The number of hydrogen-bond donors (Lipinski definition) is 1. The minimum atomic E-state index is -0.0508. The van der Waals surface area contributed by atoms with E-state index >= 15 is 0 Å². The van der Waals surface area contributed by atoms with Crippen LogP contribution in [0.2, 0.25) is 0 Å². The summed E-state index contributed by atoms with van der Waals surface area (Å²) in [7, 11) is 1.62. The molecule has 0 spiro atoms. The molecule has 1 fully saturated rings. The van der Waals surface area contributed by atoms with Crippen LogP contribution in [0.4, 0.5) is 0 Å². The average molecular weight is 248 g/mol. The number of benzene rings is 1. The highest BCUT2D eigenvalue weighted by atomic mass is 16.5. The number of rotatable bonds is 2. The molecule has 1 aromatic carbocycles. The van der Waals surface area contributed by atoms with Gasteiger partial charge in [0.25, 0.3) is 0 Å². The summed E-state index contributed by atoms with van der Waals surface area (Å²) in [5.74, 6) is 0.753. The number of imidazole rings is 1.